The van der Waals surface area contributed by atoms with Crippen LogP contribution in [0, 0.1) is 0 Å². The molecule has 0 fully saturated rings. The van der Waals surface area contributed by atoms with Gasteiger partial charge in [-0.05, 0) is 35.9 Å². The van der Waals surface area contributed by atoms with Gasteiger partial charge in [-0.3, -0.25) is 9.36 Å². The Morgan fingerprint density at radius 1 is 0.968 bits per heavy atom. The highest BCUT2D eigenvalue weighted by molar-refractivity contribution is 5.95. The van der Waals surface area contributed by atoms with E-state index in [2.05, 4.69) is 15.3 Å². The molecule has 2 aromatic carbocycles. The smallest absolute Gasteiger partial charge is 0.251 e. The Labute approximate surface area is 179 Å². The summed E-state index contributed by atoms with van der Waals surface area (Å²) in [4.78, 5) is 21.6. The summed E-state index contributed by atoms with van der Waals surface area (Å²) in [6.07, 6.45) is 3.48. The first-order valence-electron chi connectivity index (χ1n) is 9.60. The van der Waals surface area contributed by atoms with Gasteiger partial charge in [-0.15, -0.1) is 0 Å². The SMILES string of the molecule is COc1cc(C(=O)NCc2ccc(-n3cnc4ccccc43)nc2)cc(OC)c1OC. The summed E-state index contributed by atoms with van der Waals surface area (Å²) in [6.45, 7) is 0.327. The van der Waals surface area contributed by atoms with Crippen molar-refractivity contribution in [1.82, 2.24) is 19.9 Å². The number of benzene rings is 2. The van der Waals surface area contributed by atoms with Crippen molar-refractivity contribution in [3.8, 4) is 23.1 Å². The molecule has 158 valence electrons. The van der Waals surface area contributed by atoms with E-state index in [-0.39, 0.29) is 5.91 Å². The van der Waals surface area contributed by atoms with E-state index in [0.717, 1.165) is 22.4 Å². The molecule has 0 unspecified atom stereocenters. The lowest BCUT2D eigenvalue weighted by atomic mass is 10.1. The molecule has 0 atom stereocenters. The molecule has 4 aromatic rings. The number of methoxy groups -OCH3 is 3. The average Bonchev–Trinajstić information content (AvgIpc) is 3.26. The zero-order valence-corrected chi connectivity index (χ0v) is 17.5. The molecule has 0 radical (unpaired) electrons. The molecule has 0 saturated carbocycles. The van der Waals surface area contributed by atoms with Crippen molar-refractivity contribution in [2.45, 2.75) is 6.54 Å². The molecule has 8 nitrogen and oxygen atoms in total. The fourth-order valence-corrected chi connectivity index (χ4v) is 3.30. The highest BCUT2D eigenvalue weighted by atomic mass is 16.5. The lowest BCUT2D eigenvalue weighted by molar-refractivity contribution is 0.0950. The first kappa shape index (κ1) is 20.2. The van der Waals surface area contributed by atoms with E-state index in [0.29, 0.717) is 29.4 Å². The number of nitrogens with zero attached hydrogens (tertiary/aromatic N) is 3. The summed E-state index contributed by atoms with van der Waals surface area (Å²) in [5, 5.41) is 2.89. The summed E-state index contributed by atoms with van der Waals surface area (Å²) in [7, 11) is 4.54. The quantitative estimate of drug-likeness (QED) is 0.495. The third kappa shape index (κ3) is 4.00. The van der Waals surface area contributed by atoms with Crippen LogP contribution in [0.5, 0.6) is 17.2 Å². The number of hydrogen-bond acceptors (Lipinski definition) is 6. The summed E-state index contributed by atoms with van der Waals surface area (Å²) in [5.74, 6) is 1.78. The molecule has 0 saturated heterocycles. The Morgan fingerprint density at radius 2 is 1.71 bits per heavy atom. The fraction of sp³-hybridized carbons (Fsp3) is 0.174. The summed E-state index contributed by atoms with van der Waals surface area (Å²) in [6, 6.07) is 14.9. The number of carbonyl (C=O) groups is 1. The van der Waals surface area contributed by atoms with Crippen molar-refractivity contribution in [2.24, 2.45) is 0 Å². The number of pyridine rings is 1. The van der Waals surface area contributed by atoms with E-state index in [1.807, 2.05) is 41.0 Å². The third-order valence-corrected chi connectivity index (χ3v) is 4.89. The molecule has 0 aliphatic heterocycles. The van der Waals surface area contributed by atoms with Gasteiger partial charge < -0.3 is 19.5 Å². The summed E-state index contributed by atoms with van der Waals surface area (Å²) < 4.78 is 17.8. The molecule has 0 aliphatic rings. The number of fused-ring (bicyclic) bond motifs is 1. The molecule has 0 bridgehead atoms. The Balaban J connectivity index is 1.48. The van der Waals surface area contributed by atoms with Gasteiger partial charge in [0.1, 0.15) is 12.1 Å². The maximum atomic E-state index is 12.7. The molecule has 4 rings (SSSR count). The Kier molecular flexibility index (Phi) is 5.70. The van der Waals surface area contributed by atoms with Crippen molar-refractivity contribution >= 4 is 16.9 Å². The maximum absolute atomic E-state index is 12.7. The van der Waals surface area contributed by atoms with Crippen LogP contribution < -0.4 is 19.5 Å². The van der Waals surface area contributed by atoms with Crippen molar-refractivity contribution in [3.63, 3.8) is 0 Å². The van der Waals surface area contributed by atoms with E-state index >= 15 is 0 Å². The third-order valence-electron chi connectivity index (χ3n) is 4.89. The van der Waals surface area contributed by atoms with Gasteiger partial charge in [-0.25, -0.2) is 9.97 Å². The number of ether oxygens (including phenoxy) is 3. The minimum Gasteiger partial charge on any atom is -0.493 e. The van der Waals surface area contributed by atoms with Gasteiger partial charge in [0, 0.05) is 18.3 Å². The number of carbonyl (C=O) groups excluding carboxylic acids is 1. The predicted molar refractivity (Wildman–Crippen MR) is 116 cm³/mol. The van der Waals surface area contributed by atoms with Crippen LogP contribution in [-0.2, 0) is 6.54 Å². The van der Waals surface area contributed by atoms with Gasteiger partial charge in [-0.1, -0.05) is 18.2 Å². The molecule has 31 heavy (non-hydrogen) atoms. The lowest BCUT2D eigenvalue weighted by Crippen LogP contribution is -2.23. The summed E-state index contributed by atoms with van der Waals surface area (Å²) in [5.41, 5.74) is 3.17. The van der Waals surface area contributed by atoms with E-state index < -0.39 is 0 Å². The highest BCUT2D eigenvalue weighted by Gasteiger charge is 2.17. The Bertz CT molecular complexity index is 1190. The number of para-hydroxylation sites is 2. The molecule has 1 N–H and O–H groups in total. The van der Waals surface area contributed by atoms with Crippen LogP contribution in [0.15, 0.2) is 61.1 Å². The van der Waals surface area contributed by atoms with Gasteiger partial charge in [0.05, 0.1) is 32.4 Å². The van der Waals surface area contributed by atoms with Crippen LogP contribution in [0.1, 0.15) is 15.9 Å². The molecule has 8 heteroatoms. The number of amides is 1. The minimum atomic E-state index is -0.260. The van der Waals surface area contributed by atoms with Crippen LogP contribution in [0.2, 0.25) is 0 Å². The van der Waals surface area contributed by atoms with Gasteiger partial charge in [-0.2, -0.15) is 0 Å². The maximum Gasteiger partial charge on any atom is 0.251 e. The zero-order valence-electron chi connectivity index (χ0n) is 17.5. The molecule has 2 aromatic heterocycles. The van der Waals surface area contributed by atoms with Crippen LogP contribution in [0.25, 0.3) is 16.9 Å². The highest BCUT2D eigenvalue weighted by Crippen LogP contribution is 2.38. The van der Waals surface area contributed by atoms with Crippen molar-refractivity contribution in [1.29, 1.82) is 0 Å². The van der Waals surface area contributed by atoms with Crippen LogP contribution in [0.3, 0.4) is 0 Å². The number of rotatable bonds is 7. The second kappa shape index (κ2) is 8.74. The number of hydrogen-bond donors (Lipinski definition) is 1. The largest absolute Gasteiger partial charge is 0.493 e. The number of imidazole rings is 1. The van der Waals surface area contributed by atoms with Crippen molar-refractivity contribution in [2.75, 3.05) is 21.3 Å². The Morgan fingerprint density at radius 3 is 2.35 bits per heavy atom. The van der Waals surface area contributed by atoms with Gasteiger partial charge in [0.25, 0.3) is 5.91 Å². The fourth-order valence-electron chi connectivity index (χ4n) is 3.30. The van der Waals surface area contributed by atoms with Crippen LogP contribution in [-0.4, -0.2) is 41.8 Å². The monoisotopic (exact) mass is 418 g/mol. The molecule has 0 aliphatic carbocycles. The first-order chi connectivity index (χ1) is 15.1. The molecular weight excluding hydrogens is 396 g/mol. The standard InChI is InChI=1S/C23H22N4O4/c1-29-19-10-16(11-20(30-2)22(19)31-3)23(28)25-13-15-8-9-21(24-12-15)27-14-26-17-6-4-5-7-18(17)27/h4-12,14H,13H2,1-3H3,(H,25,28). The average molecular weight is 418 g/mol. The molecular formula is C23H22N4O4. The lowest BCUT2D eigenvalue weighted by Gasteiger charge is -2.14. The summed E-state index contributed by atoms with van der Waals surface area (Å²) >= 11 is 0. The first-order valence-corrected chi connectivity index (χ1v) is 9.60. The van der Waals surface area contributed by atoms with Gasteiger partial charge >= 0.3 is 0 Å². The number of nitrogens with one attached hydrogen (secondary N) is 1. The van der Waals surface area contributed by atoms with Crippen LogP contribution in [0.4, 0.5) is 0 Å². The van der Waals surface area contributed by atoms with Crippen LogP contribution >= 0.6 is 0 Å². The van der Waals surface area contributed by atoms with Gasteiger partial charge in [0.15, 0.2) is 11.5 Å². The number of aromatic nitrogens is 3. The molecule has 0 spiro atoms. The van der Waals surface area contributed by atoms with Crippen molar-refractivity contribution < 1.29 is 19.0 Å². The second-order valence-corrected chi connectivity index (χ2v) is 6.72. The second-order valence-electron chi connectivity index (χ2n) is 6.72. The normalized spacial score (nSPS) is 10.7. The van der Waals surface area contributed by atoms with E-state index in [9.17, 15) is 4.79 Å². The Hall–Kier alpha value is -4.07. The van der Waals surface area contributed by atoms with Gasteiger partial charge in [0.2, 0.25) is 5.75 Å². The molecule has 1 amide bonds. The predicted octanol–water partition coefficient (Wildman–Crippen LogP) is 3.38. The topological polar surface area (TPSA) is 87.5 Å². The minimum absolute atomic E-state index is 0.260. The van der Waals surface area contributed by atoms with E-state index in [1.165, 1.54) is 21.3 Å². The van der Waals surface area contributed by atoms with Crippen molar-refractivity contribution in [3.05, 3.63) is 72.2 Å². The van der Waals surface area contributed by atoms with E-state index in [4.69, 9.17) is 14.2 Å². The van der Waals surface area contributed by atoms with E-state index in [1.54, 1.807) is 24.7 Å². The zero-order chi connectivity index (χ0) is 21.8. The molecule has 2 heterocycles.